The molecule has 1 aliphatic heterocycles. The molecule has 4 rings (SSSR count). The maximum absolute atomic E-state index is 13.6. The van der Waals surface area contributed by atoms with Gasteiger partial charge in [0.15, 0.2) is 0 Å². The minimum absolute atomic E-state index is 0.0288. The Kier molecular flexibility index (Phi) is 9.02. The number of hydrogen-bond acceptors (Lipinski definition) is 7. The minimum Gasteiger partial charge on any atom is -0.497 e. The van der Waals surface area contributed by atoms with Crippen LogP contribution in [0.2, 0.25) is 0 Å². The lowest BCUT2D eigenvalue weighted by molar-refractivity contribution is -0.114. The van der Waals surface area contributed by atoms with Crippen molar-refractivity contribution in [3.63, 3.8) is 0 Å². The van der Waals surface area contributed by atoms with Gasteiger partial charge in [0.1, 0.15) is 22.9 Å². The largest absolute Gasteiger partial charge is 0.497 e. The Morgan fingerprint density at radius 2 is 1.52 bits per heavy atom. The van der Waals surface area contributed by atoms with E-state index in [9.17, 15) is 21.6 Å². The number of methoxy groups -OCH3 is 2. The Hall–Kier alpha value is -3.61. The van der Waals surface area contributed by atoms with Crippen molar-refractivity contribution < 1.29 is 31.1 Å². The monoisotopic (exact) mass is 587 g/mol. The van der Waals surface area contributed by atoms with E-state index in [-0.39, 0.29) is 26.9 Å². The van der Waals surface area contributed by atoms with Gasteiger partial charge in [0.2, 0.25) is 15.9 Å². The highest BCUT2D eigenvalue weighted by Crippen LogP contribution is 2.32. The fourth-order valence-electron chi connectivity index (χ4n) is 4.43. The van der Waals surface area contributed by atoms with Crippen LogP contribution in [0.15, 0.2) is 76.5 Å². The summed E-state index contributed by atoms with van der Waals surface area (Å²) >= 11 is 0. The van der Waals surface area contributed by atoms with Crippen LogP contribution in [0.25, 0.3) is 0 Å². The molecular formula is C28H33N3O7S2. The molecule has 1 amide bonds. The van der Waals surface area contributed by atoms with Gasteiger partial charge in [-0.3, -0.25) is 9.10 Å². The first kappa shape index (κ1) is 29.4. The van der Waals surface area contributed by atoms with Crippen LogP contribution in [-0.4, -0.2) is 60.9 Å². The van der Waals surface area contributed by atoms with Crippen LogP contribution in [0.1, 0.15) is 24.8 Å². The molecule has 10 nitrogen and oxygen atoms in total. The number of anilines is 2. The van der Waals surface area contributed by atoms with E-state index in [0.29, 0.717) is 18.8 Å². The van der Waals surface area contributed by atoms with Crippen molar-refractivity contribution in [2.24, 2.45) is 0 Å². The molecule has 3 aromatic carbocycles. The summed E-state index contributed by atoms with van der Waals surface area (Å²) in [6.45, 7) is 2.12. The van der Waals surface area contributed by atoms with E-state index in [2.05, 4.69) is 5.32 Å². The topological polar surface area (TPSA) is 122 Å². The SMILES string of the molecule is COc1ccc(N(CC(=O)Nc2ccc(OC)c(S(=O)(=O)N3CCCCC3)c2)S(=O)(=O)c2ccc(C)cc2)cc1. The van der Waals surface area contributed by atoms with Gasteiger partial charge in [-0.2, -0.15) is 4.31 Å². The average Bonchev–Trinajstić information content (AvgIpc) is 2.96. The number of amides is 1. The Balaban J connectivity index is 1.64. The number of nitrogens with one attached hydrogen (secondary N) is 1. The standard InChI is InChI=1S/C28H33N3O7S2/c1-21-7-14-25(15-8-21)39(33,34)31(23-10-12-24(37-2)13-11-23)20-28(32)29-22-9-16-26(38-3)27(19-22)40(35,36)30-17-5-4-6-18-30/h7-16,19H,4-6,17-18,20H2,1-3H3,(H,29,32). The van der Waals surface area contributed by atoms with Crippen molar-refractivity contribution in [2.45, 2.75) is 36.0 Å². The van der Waals surface area contributed by atoms with Crippen molar-refractivity contribution in [1.29, 1.82) is 0 Å². The molecule has 1 aliphatic rings. The lowest BCUT2D eigenvalue weighted by Crippen LogP contribution is -2.38. The number of rotatable bonds is 10. The van der Waals surface area contributed by atoms with Crippen molar-refractivity contribution in [2.75, 3.05) is 43.5 Å². The summed E-state index contributed by atoms with van der Waals surface area (Å²) in [4.78, 5) is 13.2. The summed E-state index contributed by atoms with van der Waals surface area (Å²) in [5.74, 6) is 0.0323. The highest BCUT2D eigenvalue weighted by molar-refractivity contribution is 7.92. The van der Waals surface area contributed by atoms with E-state index in [1.54, 1.807) is 36.4 Å². The molecule has 12 heteroatoms. The van der Waals surface area contributed by atoms with Crippen LogP contribution in [0.5, 0.6) is 11.5 Å². The number of aryl methyl sites for hydroxylation is 1. The Morgan fingerprint density at radius 1 is 0.875 bits per heavy atom. The molecule has 0 radical (unpaired) electrons. The summed E-state index contributed by atoms with van der Waals surface area (Å²) in [5, 5.41) is 2.66. The summed E-state index contributed by atoms with van der Waals surface area (Å²) < 4.78 is 66.9. The highest BCUT2D eigenvalue weighted by Gasteiger charge is 2.30. The molecular weight excluding hydrogens is 554 g/mol. The van der Waals surface area contributed by atoms with Gasteiger partial charge in [-0.05, 0) is 74.4 Å². The van der Waals surface area contributed by atoms with Crippen molar-refractivity contribution in [1.82, 2.24) is 4.31 Å². The summed E-state index contributed by atoms with van der Waals surface area (Å²) in [7, 11) is -5.11. The average molecular weight is 588 g/mol. The molecule has 0 spiro atoms. The van der Waals surface area contributed by atoms with E-state index in [1.165, 1.54) is 48.9 Å². The number of carbonyl (C=O) groups excluding carboxylic acids is 1. The first-order valence-corrected chi connectivity index (χ1v) is 15.7. The smallest absolute Gasteiger partial charge is 0.264 e. The van der Waals surface area contributed by atoms with Gasteiger partial charge >= 0.3 is 0 Å². The Labute approximate surface area is 235 Å². The number of ether oxygens (including phenoxy) is 2. The number of carbonyl (C=O) groups is 1. The zero-order valence-corrected chi connectivity index (χ0v) is 24.3. The van der Waals surface area contributed by atoms with Gasteiger partial charge in [0.25, 0.3) is 10.0 Å². The molecule has 0 aliphatic carbocycles. The molecule has 40 heavy (non-hydrogen) atoms. The van der Waals surface area contributed by atoms with Crippen LogP contribution in [0.3, 0.4) is 0 Å². The van der Waals surface area contributed by atoms with E-state index in [4.69, 9.17) is 9.47 Å². The molecule has 3 aromatic rings. The first-order valence-electron chi connectivity index (χ1n) is 12.8. The van der Waals surface area contributed by atoms with Crippen LogP contribution < -0.4 is 19.1 Å². The van der Waals surface area contributed by atoms with E-state index in [0.717, 1.165) is 29.1 Å². The van der Waals surface area contributed by atoms with Crippen LogP contribution >= 0.6 is 0 Å². The predicted molar refractivity (Wildman–Crippen MR) is 153 cm³/mol. The predicted octanol–water partition coefficient (Wildman–Crippen LogP) is 4.02. The van der Waals surface area contributed by atoms with Gasteiger partial charge in [-0.1, -0.05) is 24.1 Å². The van der Waals surface area contributed by atoms with Gasteiger partial charge in [0.05, 0.1) is 24.8 Å². The summed E-state index contributed by atoms with van der Waals surface area (Å²) in [6.07, 6.45) is 2.51. The fraction of sp³-hybridized carbons (Fsp3) is 0.321. The maximum atomic E-state index is 13.6. The lowest BCUT2D eigenvalue weighted by atomic mass is 10.2. The third-order valence-corrected chi connectivity index (χ3v) is 10.3. The van der Waals surface area contributed by atoms with Crippen molar-refractivity contribution in [3.05, 3.63) is 72.3 Å². The second-order valence-corrected chi connectivity index (χ2v) is 13.2. The second-order valence-electron chi connectivity index (χ2n) is 9.40. The molecule has 0 atom stereocenters. The molecule has 0 bridgehead atoms. The zero-order chi connectivity index (χ0) is 28.9. The van der Waals surface area contributed by atoms with Crippen LogP contribution in [0, 0.1) is 6.92 Å². The Bertz CT molecular complexity index is 1550. The van der Waals surface area contributed by atoms with E-state index >= 15 is 0 Å². The molecule has 1 fully saturated rings. The molecule has 1 saturated heterocycles. The third-order valence-electron chi connectivity index (χ3n) is 6.64. The number of hydrogen-bond donors (Lipinski definition) is 1. The number of sulfonamides is 2. The number of piperidine rings is 1. The third kappa shape index (κ3) is 6.40. The van der Waals surface area contributed by atoms with E-state index in [1.807, 2.05) is 6.92 Å². The molecule has 214 valence electrons. The normalized spacial score (nSPS) is 14.4. The molecule has 1 N–H and O–H groups in total. The van der Waals surface area contributed by atoms with E-state index < -0.39 is 32.5 Å². The van der Waals surface area contributed by atoms with Gasteiger partial charge in [-0.25, -0.2) is 16.8 Å². The molecule has 0 saturated carbocycles. The quantitative estimate of drug-likeness (QED) is 0.380. The van der Waals surface area contributed by atoms with Gasteiger partial charge in [0, 0.05) is 18.8 Å². The Morgan fingerprint density at radius 3 is 2.12 bits per heavy atom. The highest BCUT2D eigenvalue weighted by atomic mass is 32.2. The first-order chi connectivity index (χ1) is 19.1. The van der Waals surface area contributed by atoms with Crippen molar-refractivity contribution >= 4 is 37.3 Å². The number of benzene rings is 3. The summed E-state index contributed by atoms with van der Waals surface area (Å²) in [6, 6.07) is 17.0. The van der Waals surface area contributed by atoms with Gasteiger partial charge in [-0.15, -0.1) is 0 Å². The summed E-state index contributed by atoms with van der Waals surface area (Å²) in [5.41, 5.74) is 1.35. The molecule has 1 heterocycles. The fourth-order valence-corrected chi connectivity index (χ4v) is 7.55. The van der Waals surface area contributed by atoms with Gasteiger partial charge < -0.3 is 14.8 Å². The lowest BCUT2D eigenvalue weighted by Gasteiger charge is -2.27. The zero-order valence-electron chi connectivity index (χ0n) is 22.7. The minimum atomic E-state index is -4.13. The van der Waals surface area contributed by atoms with Crippen LogP contribution in [-0.2, 0) is 24.8 Å². The second kappa shape index (κ2) is 12.3. The molecule has 0 unspecified atom stereocenters. The molecule has 0 aromatic heterocycles. The van der Waals surface area contributed by atoms with Crippen molar-refractivity contribution in [3.8, 4) is 11.5 Å². The number of nitrogens with zero attached hydrogens (tertiary/aromatic N) is 2. The van der Waals surface area contributed by atoms with Crippen LogP contribution in [0.4, 0.5) is 11.4 Å². The maximum Gasteiger partial charge on any atom is 0.264 e.